The minimum Gasteiger partial charge on any atom is -0.392 e. The van der Waals surface area contributed by atoms with Gasteiger partial charge in [0.2, 0.25) is 0 Å². The molecule has 360 valence electrons. The summed E-state index contributed by atoms with van der Waals surface area (Å²) in [4.78, 5) is 29.5. The molecule has 0 amide bonds. The molecular weight excluding hydrogens is 757 g/mol. The number of carbonyl (C=O) groups excluding carboxylic acids is 2. The van der Waals surface area contributed by atoms with Gasteiger partial charge >= 0.3 is 0 Å². The zero-order valence-corrected chi connectivity index (χ0v) is 42.7. The number of hydrogen-bond donors (Lipinski definition) is 1. The monoisotopic (exact) mass is 863 g/mol. The van der Waals surface area contributed by atoms with E-state index in [4.69, 9.17) is 0 Å². The fourth-order valence-electron chi connectivity index (χ4n) is 14.7. The summed E-state index contributed by atoms with van der Waals surface area (Å²) in [6.45, 7) is 17.0. The van der Waals surface area contributed by atoms with Crippen LogP contribution in [-0.2, 0) is 9.59 Å². The highest BCUT2D eigenvalue weighted by Crippen LogP contribution is 2.69. The van der Waals surface area contributed by atoms with Crippen LogP contribution >= 0.6 is 0 Å². The number of fused-ring (bicyclic) bond motifs is 5. The maximum atomic E-state index is 15.0. The fraction of sp³-hybridized carbons (Fsp3) is 0.932. The first-order chi connectivity index (χ1) is 30.0. The van der Waals surface area contributed by atoms with Crippen molar-refractivity contribution in [2.75, 3.05) is 0 Å². The molecule has 4 rings (SSSR count). The lowest BCUT2D eigenvalue weighted by molar-refractivity contribution is -0.154. The molecule has 0 aromatic carbocycles. The molecule has 0 aromatic heterocycles. The molecule has 3 heteroatoms. The Hall–Kier alpha value is -0.960. The van der Waals surface area contributed by atoms with E-state index < -0.39 is 12.0 Å². The van der Waals surface area contributed by atoms with Gasteiger partial charge in [-0.1, -0.05) is 233 Å². The summed E-state index contributed by atoms with van der Waals surface area (Å²) < 4.78 is 0. The minimum atomic E-state index is -0.725. The average molecular weight is 863 g/mol. The summed E-state index contributed by atoms with van der Waals surface area (Å²) in [5.41, 5.74) is 1.40. The first-order valence-corrected chi connectivity index (χ1v) is 28.4. The third kappa shape index (κ3) is 15.6. The Morgan fingerprint density at radius 3 is 1.55 bits per heavy atom. The SMILES string of the molecule is CCCCCCCCCCCCCCCC(=O)C1C(O)CC2=CC[C@H]3[C@@H]4CC[C@H]([C@H](C)CCCC(C)C)[C@@]4(C)CC[C@@H]3[C@@]2(C)C1C(=O)CCCCCCCCCCCCCCC. The van der Waals surface area contributed by atoms with Gasteiger partial charge in [-0.05, 0) is 92.3 Å². The Morgan fingerprint density at radius 2 is 1.06 bits per heavy atom. The minimum absolute atomic E-state index is 0.198. The Kier molecular flexibility index (Phi) is 25.0. The van der Waals surface area contributed by atoms with Crippen molar-refractivity contribution in [3.8, 4) is 0 Å². The average Bonchev–Trinajstić information content (AvgIpc) is 3.61. The molecule has 62 heavy (non-hydrogen) atoms. The van der Waals surface area contributed by atoms with Crippen molar-refractivity contribution in [2.45, 2.75) is 292 Å². The fourth-order valence-corrected chi connectivity index (χ4v) is 14.7. The number of Topliss-reactive ketones (excluding diaryl/α,β-unsaturated/α-hetero) is 2. The van der Waals surface area contributed by atoms with Crippen molar-refractivity contribution in [3.05, 3.63) is 11.6 Å². The number of carbonyl (C=O) groups is 2. The zero-order chi connectivity index (χ0) is 44.8. The van der Waals surface area contributed by atoms with Crippen molar-refractivity contribution in [3.63, 3.8) is 0 Å². The Balaban J connectivity index is 1.37. The number of unbranched alkanes of at least 4 members (excludes halogenated alkanes) is 24. The Morgan fingerprint density at radius 1 is 0.597 bits per heavy atom. The van der Waals surface area contributed by atoms with Crippen molar-refractivity contribution in [1.29, 1.82) is 0 Å². The van der Waals surface area contributed by atoms with Crippen LogP contribution in [0.2, 0.25) is 0 Å². The molecule has 3 saturated carbocycles. The van der Waals surface area contributed by atoms with Crippen LogP contribution in [-0.4, -0.2) is 22.8 Å². The van der Waals surface area contributed by atoms with E-state index in [1.54, 1.807) is 0 Å². The van der Waals surface area contributed by atoms with Crippen LogP contribution in [0, 0.1) is 58.2 Å². The van der Waals surface area contributed by atoms with Crippen LogP contribution < -0.4 is 0 Å². The highest BCUT2D eigenvalue weighted by Gasteiger charge is 2.64. The molecular formula is C59H106O3. The molecule has 0 spiro atoms. The molecule has 0 aromatic rings. The van der Waals surface area contributed by atoms with E-state index in [0.717, 1.165) is 49.9 Å². The van der Waals surface area contributed by atoms with Gasteiger partial charge < -0.3 is 5.11 Å². The van der Waals surface area contributed by atoms with Crippen molar-refractivity contribution >= 4 is 11.6 Å². The Labute approximate surface area is 386 Å². The summed E-state index contributed by atoms with van der Waals surface area (Å²) in [5, 5.41) is 12.0. The van der Waals surface area contributed by atoms with Crippen LogP contribution in [0.3, 0.4) is 0 Å². The highest BCUT2D eigenvalue weighted by molar-refractivity contribution is 5.91. The van der Waals surface area contributed by atoms with Gasteiger partial charge in [-0.2, -0.15) is 0 Å². The molecule has 0 aliphatic heterocycles. The third-order valence-corrected chi connectivity index (χ3v) is 18.4. The largest absolute Gasteiger partial charge is 0.392 e. The number of aliphatic hydroxyl groups is 1. The molecule has 3 nitrogen and oxygen atoms in total. The molecule has 3 unspecified atom stereocenters. The van der Waals surface area contributed by atoms with Gasteiger partial charge in [-0.15, -0.1) is 0 Å². The lowest BCUT2D eigenvalue weighted by Gasteiger charge is -2.61. The van der Waals surface area contributed by atoms with E-state index in [9.17, 15) is 14.7 Å². The van der Waals surface area contributed by atoms with Crippen LogP contribution in [0.5, 0.6) is 0 Å². The van der Waals surface area contributed by atoms with E-state index in [1.807, 2.05) is 0 Å². The number of ketones is 2. The lowest BCUT2D eigenvalue weighted by Crippen LogP contribution is -2.59. The smallest absolute Gasteiger partial charge is 0.139 e. The summed E-state index contributed by atoms with van der Waals surface area (Å²) in [6, 6.07) is 0. The molecule has 4 aliphatic rings. The van der Waals surface area contributed by atoms with Crippen molar-refractivity contribution < 1.29 is 14.7 Å². The second kappa shape index (κ2) is 28.9. The summed E-state index contributed by atoms with van der Waals surface area (Å²) in [5.74, 6) is 3.70. The molecule has 10 atom stereocenters. The van der Waals surface area contributed by atoms with Crippen molar-refractivity contribution in [2.24, 2.45) is 58.2 Å². The highest BCUT2D eigenvalue weighted by atomic mass is 16.3. The van der Waals surface area contributed by atoms with Gasteiger partial charge in [0.25, 0.3) is 0 Å². The van der Waals surface area contributed by atoms with Gasteiger partial charge in [-0.25, -0.2) is 0 Å². The number of rotatable bonds is 35. The third-order valence-electron chi connectivity index (χ3n) is 18.4. The van der Waals surface area contributed by atoms with E-state index in [0.29, 0.717) is 48.2 Å². The standard InChI is InChI=1S/C59H106O3/c1-8-10-12-14-16-18-20-22-24-26-28-30-32-37-53(60)56-55(62)45-48-39-40-49-51-42-41-50(47(5)36-34-35-46(3)4)58(51,6)44-43-52(49)59(48,7)57(56)54(61)38-33-31-29-27-25-23-21-19-17-15-13-11-9-2/h39,46-47,49-52,55-57,62H,8-38,40-45H2,1-7H3/t47-,49+,50-,51+,52+,55?,56?,57?,58-,59+/m1/s1. The molecule has 3 fully saturated rings. The second-order valence-electron chi connectivity index (χ2n) is 23.3. The molecule has 0 bridgehead atoms. The maximum Gasteiger partial charge on any atom is 0.139 e. The summed E-state index contributed by atoms with van der Waals surface area (Å²) in [7, 11) is 0. The molecule has 0 radical (unpaired) electrons. The van der Waals surface area contributed by atoms with Crippen LogP contribution in [0.15, 0.2) is 11.6 Å². The van der Waals surface area contributed by atoms with E-state index in [2.05, 4.69) is 54.5 Å². The summed E-state index contributed by atoms with van der Waals surface area (Å²) >= 11 is 0. The predicted octanol–water partition coefficient (Wildman–Crippen LogP) is 17.9. The zero-order valence-electron chi connectivity index (χ0n) is 42.7. The maximum absolute atomic E-state index is 15.0. The van der Waals surface area contributed by atoms with Gasteiger partial charge in [-0.3, -0.25) is 9.59 Å². The topological polar surface area (TPSA) is 54.4 Å². The van der Waals surface area contributed by atoms with Gasteiger partial charge in [0.05, 0.1) is 12.0 Å². The lowest BCUT2D eigenvalue weighted by atomic mass is 9.42. The second-order valence-corrected chi connectivity index (χ2v) is 23.3. The summed E-state index contributed by atoms with van der Waals surface area (Å²) in [6.07, 6.45) is 47.4. The van der Waals surface area contributed by atoms with E-state index >= 15 is 0 Å². The number of hydrogen-bond acceptors (Lipinski definition) is 3. The quantitative estimate of drug-likeness (QED) is 0.0510. The van der Waals surface area contributed by atoms with Gasteiger partial charge in [0.15, 0.2) is 0 Å². The van der Waals surface area contributed by atoms with Gasteiger partial charge in [0.1, 0.15) is 11.6 Å². The van der Waals surface area contributed by atoms with Crippen LogP contribution in [0.25, 0.3) is 0 Å². The molecule has 1 N–H and O–H groups in total. The first-order valence-electron chi connectivity index (χ1n) is 28.4. The normalized spacial score (nSPS) is 29.9. The number of aliphatic hydroxyl groups excluding tert-OH is 1. The first kappa shape index (κ1) is 53.7. The van der Waals surface area contributed by atoms with E-state index in [-0.39, 0.29) is 17.1 Å². The van der Waals surface area contributed by atoms with Crippen LogP contribution in [0.1, 0.15) is 286 Å². The predicted molar refractivity (Wildman–Crippen MR) is 267 cm³/mol. The van der Waals surface area contributed by atoms with Gasteiger partial charge in [0, 0.05) is 24.2 Å². The number of allylic oxidation sites excluding steroid dienone is 1. The van der Waals surface area contributed by atoms with Crippen LogP contribution in [0.4, 0.5) is 0 Å². The molecule has 0 heterocycles. The van der Waals surface area contributed by atoms with E-state index in [1.165, 1.54) is 192 Å². The van der Waals surface area contributed by atoms with Crippen molar-refractivity contribution in [1.82, 2.24) is 0 Å². The molecule has 4 aliphatic carbocycles. The molecule has 0 saturated heterocycles. The Bertz CT molecular complexity index is 1270.